The van der Waals surface area contributed by atoms with Crippen LogP contribution in [0.5, 0.6) is 0 Å². The first-order valence-corrected chi connectivity index (χ1v) is 4.96. The molecular weight excluding hydrogens is 198 g/mol. The van der Waals surface area contributed by atoms with Crippen LogP contribution < -0.4 is 10.6 Å². The topological polar surface area (TPSA) is 70.7 Å². The molecule has 1 aliphatic heterocycles. The summed E-state index contributed by atoms with van der Waals surface area (Å²) < 4.78 is 4.34. The van der Waals surface area contributed by atoms with Crippen molar-refractivity contribution in [2.24, 2.45) is 0 Å². The van der Waals surface area contributed by atoms with Crippen molar-refractivity contribution in [3.05, 3.63) is 0 Å². The largest absolute Gasteiger partial charge is 0.453 e. The van der Waals surface area contributed by atoms with Gasteiger partial charge in [-0.05, 0) is 6.92 Å². The van der Waals surface area contributed by atoms with Crippen molar-refractivity contribution >= 4 is 12.0 Å². The SMILES string of the molecule is COC(=O)NC(=O)CN1CCNC[C@H]1C. The first-order chi connectivity index (χ1) is 7.13. The lowest BCUT2D eigenvalue weighted by Crippen LogP contribution is -2.53. The van der Waals surface area contributed by atoms with Gasteiger partial charge in [-0.2, -0.15) is 0 Å². The van der Waals surface area contributed by atoms with Crippen molar-refractivity contribution in [3.8, 4) is 0 Å². The third-order valence-corrected chi connectivity index (χ3v) is 2.41. The summed E-state index contributed by atoms with van der Waals surface area (Å²) in [6.07, 6.45) is -0.706. The minimum Gasteiger partial charge on any atom is -0.453 e. The van der Waals surface area contributed by atoms with Crippen LogP contribution in [0.3, 0.4) is 0 Å². The van der Waals surface area contributed by atoms with Gasteiger partial charge in [-0.15, -0.1) is 0 Å². The molecule has 2 N–H and O–H groups in total. The van der Waals surface area contributed by atoms with Crippen molar-refractivity contribution in [1.29, 1.82) is 0 Å². The molecule has 6 nitrogen and oxygen atoms in total. The molecule has 0 bridgehead atoms. The van der Waals surface area contributed by atoms with Crippen LogP contribution in [0, 0.1) is 0 Å². The summed E-state index contributed by atoms with van der Waals surface area (Å²) in [7, 11) is 1.23. The maximum Gasteiger partial charge on any atom is 0.413 e. The van der Waals surface area contributed by atoms with E-state index in [1.165, 1.54) is 7.11 Å². The summed E-state index contributed by atoms with van der Waals surface area (Å²) in [6, 6.07) is 0.308. The van der Waals surface area contributed by atoms with Crippen LogP contribution in [0.2, 0.25) is 0 Å². The molecule has 0 radical (unpaired) electrons. The lowest BCUT2D eigenvalue weighted by molar-refractivity contribution is -0.122. The summed E-state index contributed by atoms with van der Waals surface area (Å²) >= 11 is 0. The number of methoxy groups -OCH3 is 1. The Kier molecular flexibility index (Phi) is 4.51. The zero-order valence-electron chi connectivity index (χ0n) is 9.08. The van der Waals surface area contributed by atoms with Crippen molar-refractivity contribution in [1.82, 2.24) is 15.5 Å². The number of hydrogen-bond donors (Lipinski definition) is 2. The molecule has 1 atom stereocenters. The second-order valence-electron chi connectivity index (χ2n) is 3.56. The fraction of sp³-hybridized carbons (Fsp3) is 0.778. The Morgan fingerprint density at radius 1 is 1.60 bits per heavy atom. The molecule has 0 saturated carbocycles. The predicted molar refractivity (Wildman–Crippen MR) is 54.5 cm³/mol. The van der Waals surface area contributed by atoms with Crippen LogP contribution in [0.4, 0.5) is 4.79 Å². The highest BCUT2D eigenvalue weighted by Gasteiger charge is 2.20. The van der Waals surface area contributed by atoms with Crippen molar-refractivity contribution in [2.45, 2.75) is 13.0 Å². The van der Waals surface area contributed by atoms with E-state index in [0.29, 0.717) is 6.04 Å². The summed E-state index contributed by atoms with van der Waals surface area (Å²) in [6.45, 7) is 4.83. The molecule has 0 spiro atoms. The molecule has 1 aliphatic rings. The van der Waals surface area contributed by atoms with Crippen molar-refractivity contribution in [3.63, 3.8) is 0 Å². The maximum atomic E-state index is 11.4. The fourth-order valence-corrected chi connectivity index (χ4v) is 1.51. The van der Waals surface area contributed by atoms with E-state index < -0.39 is 6.09 Å². The Morgan fingerprint density at radius 2 is 2.33 bits per heavy atom. The molecule has 0 aromatic heterocycles. The van der Waals surface area contributed by atoms with Gasteiger partial charge in [0.1, 0.15) is 0 Å². The van der Waals surface area contributed by atoms with Gasteiger partial charge in [-0.1, -0.05) is 0 Å². The number of alkyl carbamates (subject to hydrolysis) is 1. The average Bonchev–Trinajstić information content (AvgIpc) is 2.21. The van der Waals surface area contributed by atoms with Crippen LogP contribution in [0.15, 0.2) is 0 Å². The Morgan fingerprint density at radius 3 is 2.93 bits per heavy atom. The molecular formula is C9H17N3O3. The van der Waals surface area contributed by atoms with Crippen LogP contribution in [-0.4, -0.2) is 56.2 Å². The fourth-order valence-electron chi connectivity index (χ4n) is 1.51. The zero-order valence-corrected chi connectivity index (χ0v) is 9.08. The van der Waals surface area contributed by atoms with Crippen molar-refractivity contribution in [2.75, 3.05) is 33.3 Å². The summed E-state index contributed by atoms with van der Waals surface area (Å²) in [4.78, 5) is 24.1. The highest BCUT2D eigenvalue weighted by Crippen LogP contribution is 2.00. The number of amides is 2. The minimum atomic E-state index is -0.706. The lowest BCUT2D eigenvalue weighted by Gasteiger charge is -2.32. The summed E-state index contributed by atoms with van der Waals surface area (Å²) in [5.74, 6) is -0.324. The van der Waals surface area contributed by atoms with E-state index in [2.05, 4.69) is 15.4 Å². The van der Waals surface area contributed by atoms with Gasteiger partial charge < -0.3 is 10.1 Å². The standard InChI is InChI=1S/C9H17N3O3/c1-7-5-10-3-4-12(7)6-8(13)11-9(14)15-2/h7,10H,3-6H2,1-2H3,(H,11,13,14)/t7-/m1/s1. The smallest absolute Gasteiger partial charge is 0.413 e. The normalized spacial score (nSPS) is 22.1. The molecule has 0 unspecified atom stereocenters. The van der Waals surface area contributed by atoms with Gasteiger partial charge in [0.05, 0.1) is 13.7 Å². The number of nitrogens with zero attached hydrogens (tertiary/aromatic N) is 1. The highest BCUT2D eigenvalue weighted by atomic mass is 16.5. The Bertz CT molecular complexity index is 245. The molecule has 0 aliphatic carbocycles. The third-order valence-electron chi connectivity index (χ3n) is 2.41. The quantitative estimate of drug-likeness (QED) is 0.628. The summed E-state index contributed by atoms with van der Waals surface area (Å²) in [5.41, 5.74) is 0. The molecule has 1 fully saturated rings. The van der Waals surface area contributed by atoms with Gasteiger partial charge in [-0.3, -0.25) is 15.0 Å². The second kappa shape index (κ2) is 5.67. The third kappa shape index (κ3) is 3.85. The van der Waals surface area contributed by atoms with E-state index in [9.17, 15) is 9.59 Å². The van der Waals surface area contributed by atoms with Gasteiger partial charge in [-0.25, -0.2) is 4.79 Å². The number of piperazine rings is 1. The first-order valence-electron chi connectivity index (χ1n) is 4.96. The number of carbonyl (C=O) groups excluding carboxylic acids is 2. The Hall–Kier alpha value is -1.14. The first kappa shape index (κ1) is 11.9. The number of nitrogens with one attached hydrogen (secondary N) is 2. The monoisotopic (exact) mass is 215 g/mol. The number of hydrogen-bond acceptors (Lipinski definition) is 5. The summed E-state index contributed by atoms with van der Waals surface area (Å²) in [5, 5.41) is 5.36. The highest BCUT2D eigenvalue weighted by molar-refractivity contribution is 5.92. The van der Waals surface area contributed by atoms with E-state index in [1.807, 2.05) is 11.8 Å². The van der Waals surface area contributed by atoms with Crippen LogP contribution in [0.25, 0.3) is 0 Å². The minimum absolute atomic E-state index is 0.234. The maximum absolute atomic E-state index is 11.4. The van der Waals surface area contributed by atoms with Crippen LogP contribution in [-0.2, 0) is 9.53 Å². The lowest BCUT2D eigenvalue weighted by atomic mass is 10.2. The van der Waals surface area contributed by atoms with Crippen molar-refractivity contribution < 1.29 is 14.3 Å². The number of carbonyl (C=O) groups is 2. The van der Waals surface area contributed by atoms with Gasteiger partial charge >= 0.3 is 6.09 Å². The molecule has 1 saturated heterocycles. The molecule has 1 rings (SSSR count). The number of rotatable bonds is 2. The number of ether oxygens (including phenoxy) is 1. The zero-order chi connectivity index (χ0) is 11.3. The van der Waals surface area contributed by atoms with Gasteiger partial charge in [0.2, 0.25) is 5.91 Å². The van der Waals surface area contributed by atoms with Crippen LogP contribution >= 0.6 is 0 Å². The van der Waals surface area contributed by atoms with E-state index >= 15 is 0 Å². The molecule has 15 heavy (non-hydrogen) atoms. The Labute approximate surface area is 88.9 Å². The molecule has 0 aromatic carbocycles. The molecule has 6 heteroatoms. The van der Waals surface area contributed by atoms with E-state index in [0.717, 1.165) is 19.6 Å². The molecule has 0 aromatic rings. The second-order valence-corrected chi connectivity index (χ2v) is 3.56. The average molecular weight is 215 g/mol. The molecule has 86 valence electrons. The molecule has 2 amide bonds. The van der Waals surface area contributed by atoms with Crippen LogP contribution in [0.1, 0.15) is 6.92 Å². The van der Waals surface area contributed by atoms with Gasteiger partial charge in [0, 0.05) is 25.7 Å². The van der Waals surface area contributed by atoms with E-state index in [-0.39, 0.29) is 12.5 Å². The number of imide groups is 1. The van der Waals surface area contributed by atoms with Gasteiger partial charge in [0.15, 0.2) is 0 Å². The predicted octanol–water partition coefficient (Wildman–Crippen LogP) is -0.837. The van der Waals surface area contributed by atoms with Gasteiger partial charge in [0.25, 0.3) is 0 Å². The van der Waals surface area contributed by atoms with E-state index in [4.69, 9.17) is 0 Å². The molecule has 1 heterocycles. The van der Waals surface area contributed by atoms with E-state index in [1.54, 1.807) is 0 Å². The Balaban J connectivity index is 2.33.